The van der Waals surface area contributed by atoms with Gasteiger partial charge in [-0.15, -0.1) is 0 Å². The minimum absolute atomic E-state index is 0.0351. The lowest BCUT2D eigenvalue weighted by molar-refractivity contribution is -0.146. The molecule has 62 heavy (non-hydrogen) atoms. The molecule has 1 aromatic heterocycles. The van der Waals surface area contributed by atoms with Gasteiger partial charge < -0.3 is 38.8 Å². The highest BCUT2D eigenvalue weighted by molar-refractivity contribution is 5.91. The van der Waals surface area contributed by atoms with E-state index in [9.17, 15) is 28.8 Å². The number of fused-ring (bicyclic) bond motifs is 2. The fraction of sp³-hybridized carbons (Fsp3) is 0.609. The van der Waals surface area contributed by atoms with Gasteiger partial charge in [-0.3, -0.25) is 23.9 Å². The molecule has 3 aromatic rings. The van der Waals surface area contributed by atoms with E-state index in [1.807, 2.05) is 42.2 Å². The molecule has 1 N–H and O–H groups in total. The molecule has 0 aliphatic carbocycles. The van der Waals surface area contributed by atoms with E-state index in [1.54, 1.807) is 34.7 Å². The quantitative estimate of drug-likeness (QED) is 0.249. The van der Waals surface area contributed by atoms with Crippen LogP contribution in [0.4, 0.5) is 15.3 Å². The van der Waals surface area contributed by atoms with Crippen LogP contribution < -0.4 is 11.1 Å². The fourth-order valence-electron chi connectivity index (χ4n) is 8.98. The molecule has 5 amide bonds. The summed E-state index contributed by atoms with van der Waals surface area (Å²) < 4.78 is 18.0. The third kappa shape index (κ3) is 11.4. The summed E-state index contributed by atoms with van der Waals surface area (Å²) in [5.41, 5.74) is 4.52. The van der Waals surface area contributed by atoms with Gasteiger partial charge in [-0.2, -0.15) is 0 Å². The topological polar surface area (TPSA) is 167 Å². The first-order valence-corrected chi connectivity index (χ1v) is 22.6. The fourth-order valence-corrected chi connectivity index (χ4v) is 8.98. The van der Waals surface area contributed by atoms with E-state index >= 15 is 0 Å². The zero-order valence-electron chi connectivity index (χ0n) is 37.2. The summed E-state index contributed by atoms with van der Waals surface area (Å²) in [6, 6.07) is 11.5. The molecule has 338 valence electrons. The molecular weight excluding hydrogens is 795 g/mol. The van der Waals surface area contributed by atoms with E-state index in [4.69, 9.17) is 13.9 Å². The number of piperidine rings is 2. The molecule has 7 rings (SSSR count). The number of carbonyl (C=O) groups is 5. The van der Waals surface area contributed by atoms with Crippen LogP contribution in [-0.2, 0) is 43.7 Å². The highest BCUT2D eigenvalue weighted by Crippen LogP contribution is 2.27. The van der Waals surface area contributed by atoms with Crippen LogP contribution in [0.5, 0.6) is 0 Å². The van der Waals surface area contributed by atoms with Crippen LogP contribution in [0.15, 0.2) is 45.6 Å². The van der Waals surface area contributed by atoms with Gasteiger partial charge in [0.2, 0.25) is 5.91 Å². The highest BCUT2D eigenvalue weighted by atomic mass is 16.6. The SMILES string of the molecule is CCCC.CCOC(=O)CCC(=O)N1CCN(C2CCN(C(=O)[C@@H](Cc3cc(C)c4c(c3)oc(=O)n4C)OC(=O)N3CCC(N4CCc5ccccc5NC4=O)CC3)CC2)CC1. The Morgan fingerprint density at radius 3 is 2.15 bits per heavy atom. The first-order chi connectivity index (χ1) is 29.9. The number of nitrogens with one attached hydrogen (secondary N) is 1. The Bertz CT molecular complexity index is 2090. The second kappa shape index (κ2) is 21.6. The van der Waals surface area contributed by atoms with Gasteiger partial charge in [-0.25, -0.2) is 14.4 Å². The Hall–Kier alpha value is -5.38. The van der Waals surface area contributed by atoms with Crippen molar-refractivity contribution in [3.8, 4) is 0 Å². The number of esters is 1. The number of oxazole rings is 1. The second-order valence-corrected chi connectivity index (χ2v) is 16.8. The summed E-state index contributed by atoms with van der Waals surface area (Å²) in [5.74, 6) is -1.16. The average molecular weight is 860 g/mol. The van der Waals surface area contributed by atoms with Crippen molar-refractivity contribution in [3.63, 3.8) is 0 Å². The van der Waals surface area contributed by atoms with Crippen LogP contribution >= 0.6 is 0 Å². The number of aryl methyl sites for hydroxylation is 2. The number of hydrogen-bond acceptors (Lipinski definition) is 10. The molecule has 0 spiro atoms. The lowest BCUT2D eigenvalue weighted by Crippen LogP contribution is -2.56. The summed E-state index contributed by atoms with van der Waals surface area (Å²) in [5, 5.41) is 3.04. The van der Waals surface area contributed by atoms with Gasteiger partial charge in [0.1, 0.15) is 0 Å². The number of amides is 5. The maximum atomic E-state index is 14.3. The molecule has 0 unspecified atom stereocenters. The molecule has 1 atom stereocenters. The monoisotopic (exact) mass is 859 g/mol. The minimum atomic E-state index is -1.10. The molecule has 3 saturated heterocycles. The van der Waals surface area contributed by atoms with Crippen LogP contribution in [0.2, 0.25) is 0 Å². The lowest BCUT2D eigenvalue weighted by Gasteiger charge is -2.43. The van der Waals surface area contributed by atoms with Gasteiger partial charge in [0.15, 0.2) is 11.7 Å². The van der Waals surface area contributed by atoms with Crippen LogP contribution in [-0.4, -0.2) is 143 Å². The van der Waals surface area contributed by atoms with Crippen molar-refractivity contribution in [2.24, 2.45) is 7.05 Å². The largest absolute Gasteiger partial charge is 0.466 e. The number of piperazine rings is 1. The van der Waals surface area contributed by atoms with E-state index in [0.29, 0.717) is 95.0 Å². The van der Waals surface area contributed by atoms with Gasteiger partial charge in [-0.1, -0.05) is 51.0 Å². The number of unbranched alkanes of at least 4 members (excludes halogenated alkanes) is 1. The Morgan fingerprint density at radius 2 is 1.47 bits per heavy atom. The van der Waals surface area contributed by atoms with E-state index in [-0.39, 0.29) is 55.2 Å². The smallest absolute Gasteiger partial charge is 0.419 e. The van der Waals surface area contributed by atoms with Crippen molar-refractivity contribution in [2.75, 3.05) is 70.8 Å². The zero-order valence-corrected chi connectivity index (χ0v) is 37.2. The molecule has 16 heteroatoms. The maximum Gasteiger partial charge on any atom is 0.419 e. The molecular formula is C46H65N7O9. The highest BCUT2D eigenvalue weighted by Gasteiger charge is 2.37. The standard InChI is InChI=1S/C42H55N7O9.C4H10/c1-4-56-37(51)10-9-36(50)46-23-21-45(22-24-46)31-12-16-47(17-13-31)39(52)35(27-29-25-28(2)38-34(26-29)57-41(54)44(38)3)58-42(55)48-18-14-32(15-19-48)49-20-11-30-7-5-6-8-33(30)43-40(49)53;1-3-4-2/h5-8,25-26,31-32,35H,4,9-24,27H2,1-3H3,(H,43,53);3-4H2,1-2H3/t35-;/m1./s1. The Labute approximate surface area is 364 Å². The zero-order chi connectivity index (χ0) is 44.3. The molecule has 4 aliphatic rings. The second-order valence-electron chi connectivity index (χ2n) is 16.8. The normalized spacial score (nSPS) is 18.3. The van der Waals surface area contributed by atoms with Crippen molar-refractivity contribution in [1.29, 1.82) is 0 Å². The summed E-state index contributed by atoms with van der Waals surface area (Å²) in [7, 11) is 1.65. The van der Waals surface area contributed by atoms with Crippen molar-refractivity contribution in [2.45, 2.75) is 110 Å². The average Bonchev–Trinajstić information content (AvgIpc) is 3.46. The predicted octanol–water partition coefficient (Wildman–Crippen LogP) is 5.33. The number of hydrogen-bond donors (Lipinski definition) is 1. The molecule has 2 aromatic carbocycles. The summed E-state index contributed by atoms with van der Waals surface area (Å²) in [4.78, 5) is 87.5. The number of benzene rings is 2. The number of rotatable bonds is 11. The Morgan fingerprint density at radius 1 is 0.806 bits per heavy atom. The van der Waals surface area contributed by atoms with E-state index in [0.717, 1.165) is 36.1 Å². The number of ether oxygens (including phenoxy) is 2. The van der Waals surface area contributed by atoms with Crippen molar-refractivity contribution in [3.05, 3.63) is 63.6 Å². The van der Waals surface area contributed by atoms with Gasteiger partial charge >= 0.3 is 23.8 Å². The van der Waals surface area contributed by atoms with Gasteiger partial charge in [-0.05, 0) is 74.8 Å². The summed E-state index contributed by atoms with van der Waals surface area (Å²) in [6.45, 7) is 13.2. The Kier molecular flexibility index (Phi) is 16.1. The molecule has 4 aliphatic heterocycles. The third-order valence-corrected chi connectivity index (χ3v) is 12.7. The van der Waals surface area contributed by atoms with Gasteiger partial charge in [0, 0.05) is 96.6 Å². The summed E-state index contributed by atoms with van der Waals surface area (Å²) >= 11 is 0. The number of anilines is 1. The van der Waals surface area contributed by atoms with Crippen molar-refractivity contribution in [1.82, 2.24) is 29.1 Å². The number of nitrogens with zero attached hydrogens (tertiary/aromatic N) is 6. The maximum absolute atomic E-state index is 14.3. The Balaban J connectivity index is 0.00000154. The van der Waals surface area contributed by atoms with Crippen LogP contribution in [0, 0.1) is 6.92 Å². The number of aromatic nitrogens is 1. The predicted molar refractivity (Wildman–Crippen MR) is 235 cm³/mol. The van der Waals surface area contributed by atoms with E-state index in [1.165, 1.54) is 17.4 Å². The molecule has 16 nitrogen and oxygen atoms in total. The van der Waals surface area contributed by atoms with Crippen LogP contribution in [0.25, 0.3) is 11.1 Å². The number of urea groups is 1. The molecule has 0 bridgehead atoms. The lowest BCUT2D eigenvalue weighted by atomic mass is 9.99. The van der Waals surface area contributed by atoms with Gasteiger partial charge in [0.25, 0.3) is 5.91 Å². The number of para-hydroxylation sites is 1. The van der Waals surface area contributed by atoms with E-state index < -0.39 is 18.0 Å². The van der Waals surface area contributed by atoms with Crippen molar-refractivity contribution >= 4 is 46.7 Å². The summed E-state index contributed by atoms with van der Waals surface area (Å²) in [6.07, 6.45) is 4.70. The molecule has 0 radical (unpaired) electrons. The van der Waals surface area contributed by atoms with Gasteiger partial charge in [0.05, 0.1) is 18.5 Å². The number of carbonyl (C=O) groups excluding carboxylic acids is 5. The number of likely N-dealkylation sites (tertiary alicyclic amines) is 2. The molecule has 5 heterocycles. The van der Waals surface area contributed by atoms with Crippen LogP contribution in [0.3, 0.4) is 0 Å². The van der Waals surface area contributed by atoms with E-state index in [2.05, 4.69) is 24.1 Å². The minimum Gasteiger partial charge on any atom is -0.466 e. The van der Waals surface area contributed by atoms with Crippen molar-refractivity contribution < 1.29 is 37.9 Å². The first-order valence-electron chi connectivity index (χ1n) is 22.6. The van der Waals surface area contributed by atoms with Crippen LogP contribution in [0.1, 0.15) is 88.8 Å². The molecule has 3 fully saturated rings. The molecule has 0 saturated carbocycles. The third-order valence-electron chi connectivity index (χ3n) is 12.7. The first kappa shape index (κ1) is 46.1.